The molecule has 0 radical (unpaired) electrons. The first-order valence-corrected chi connectivity index (χ1v) is 11.9. The number of ether oxygens (including phenoxy) is 2. The maximum Gasteiger partial charge on any atom is 0.161 e. The summed E-state index contributed by atoms with van der Waals surface area (Å²) in [5.74, 6) is 2.42. The monoisotopic (exact) mass is 444 g/mol. The number of imidazole rings is 1. The molecule has 1 aliphatic carbocycles. The first-order chi connectivity index (χ1) is 15.6. The molecule has 1 fully saturated rings. The predicted octanol–water partition coefficient (Wildman–Crippen LogP) is 3.38. The lowest BCUT2D eigenvalue weighted by Crippen LogP contribution is -2.40. The molecule has 1 aromatic heterocycles. The molecule has 1 heterocycles. The Morgan fingerprint density at radius 2 is 2.06 bits per heavy atom. The number of aryl methyl sites for hydroxylation is 2. The van der Waals surface area contributed by atoms with Gasteiger partial charge in [0.1, 0.15) is 18.5 Å². The van der Waals surface area contributed by atoms with Gasteiger partial charge < -0.3 is 29.4 Å². The number of hydrogen-bond donors (Lipinski definition) is 2. The van der Waals surface area contributed by atoms with Crippen LogP contribution in [0.3, 0.4) is 0 Å². The van der Waals surface area contributed by atoms with E-state index >= 15 is 0 Å². The van der Waals surface area contributed by atoms with E-state index in [1.807, 2.05) is 37.5 Å². The van der Waals surface area contributed by atoms with Gasteiger partial charge in [0.2, 0.25) is 0 Å². The third-order valence-corrected chi connectivity index (χ3v) is 6.36. The van der Waals surface area contributed by atoms with E-state index in [9.17, 15) is 5.11 Å². The highest BCUT2D eigenvalue weighted by Crippen LogP contribution is 2.28. The van der Waals surface area contributed by atoms with Gasteiger partial charge in [0.25, 0.3) is 0 Å². The normalized spacial score (nSPS) is 15.8. The van der Waals surface area contributed by atoms with Gasteiger partial charge in [-0.1, -0.05) is 25.3 Å². The number of methoxy groups -OCH3 is 1. The molecular weight excluding hydrogens is 404 g/mol. The summed E-state index contributed by atoms with van der Waals surface area (Å²) >= 11 is 0. The first kappa shape index (κ1) is 24.6. The number of aromatic nitrogens is 2. The summed E-state index contributed by atoms with van der Waals surface area (Å²) in [5, 5.41) is 13.9. The molecular formula is C25H40N4O3. The van der Waals surface area contributed by atoms with Crippen molar-refractivity contribution in [2.45, 2.75) is 70.7 Å². The van der Waals surface area contributed by atoms with Crippen LogP contribution in [0.15, 0.2) is 30.6 Å². The molecule has 1 saturated carbocycles. The minimum atomic E-state index is -0.521. The van der Waals surface area contributed by atoms with Crippen molar-refractivity contribution in [1.29, 1.82) is 0 Å². The molecule has 0 bridgehead atoms. The van der Waals surface area contributed by atoms with E-state index in [0.717, 1.165) is 37.4 Å². The lowest BCUT2D eigenvalue weighted by Gasteiger charge is -2.32. The van der Waals surface area contributed by atoms with E-state index in [2.05, 4.69) is 26.8 Å². The average Bonchev–Trinajstić information content (AvgIpc) is 3.22. The van der Waals surface area contributed by atoms with E-state index in [1.165, 1.54) is 32.1 Å². The highest BCUT2D eigenvalue weighted by atomic mass is 16.5. The number of nitrogens with one attached hydrogen (secondary N) is 1. The molecule has 7 heteroatoms. The molecule has 178 valence electrons. The molecule has 1 atom stereocenters. The molecule has 1 aromatic carbocycles. The Kier molecular flexibility index (Phi) is 9.84. The minimum absolute atomic E-state index is 0.263. The van der Waals surface area contributed by atoms with Crippen LogP contribution in [0.4, 0.5) is 0 Å². The van der Waals surface area contributed by atoms with Gasteiger partial charge in [-0.3, -0.25) is 0 Å². The summed E-state index contributed by atoms with van der Waals surface area (Å²) in [6.07, 6.45) is 10.8. The van der Waals surface area contributed by atoms with Crippen LogP contribution >= 0.6 is 0 Å². The fourth-order valence-electron chi connectivity index (χ4n) is 4.43. The zero-order chi connectivity index (χ0) is 22.8. The maximum absolute atomic E-state index is 10.5. The highest BCUT2D eigenvalue weighted by Gasteiger charge is 2.20. The summed E-state index contributed by atoms with van der Waals surface area (Å²) in [7, 11) is 3.76. The highest BCUT2D eigenvalue weighted by molar-refractivity contribution is 5.43. The summed E-state index contributed by atoms with van der Waals surface area (Å²) in [4.78, 5) is 6.54. The van der Waals surface area contributed by atoms with Crippen molar-refractivity contribution in [1.82, 2.24) is 19.8 Å². The lowest BCUT2D eigenvalue weighted by molar-refractivity contribution is 0.0553. The number of benzene rings is 1. The second-order valence-corrected chi connectivity index (χ2v) is 8.88. The zero-order valence-electron chi connectivity index (χ0n) is 19.9. The number of aliphatic hydroxyl groups is 1. The van der Waals surface area contributed by atoms with Gasteiger partial charge in [-0.05, 0) is 57.5 Å². The fraction of sp³-hybridized carbons (Fsp3) is 0.640. The quantitative estimate of drug-likeness (QED) is 0.462. The fourth-order valence-corrected chi connectivity index (χ4v) is 4.43. The second-order valence-electron chi connectivity index (χ2n) is 8.88. The molecule has 32 heavy (non-hydrogen) atoms. The van der Waals surface area contributed by atoms with Gasteiger partial charge in [0, 0.05) is 38.1 Å². The van der Waals surface area contributed by atoms with E-state index in [1.54, 1.807) is 7.11 Å². The Bertz CT molecular complexity index is 804. The van der Waals surface area contributed by atoms with Crippen LogP contribution in [-0.2, 0) is 13.1 Å². The largest absolute Gasteiger partial charge is 0.493 e. The molecule has 3 rings (SSSR count). The van der Waals surface area contributed by atoms with Crippen molar-refractivity contribution in [3.05, 3.63) is 42.0 Å². The van der Waals surface area contributed by atoms with Crippen molar-refractivity contribution >= 4 is 0 Å². The Morgan fingerprint density at radius 3 is 2.78 bits per heavy atom. The third kappa shape index (κ3) is 7.50. The van der Waals surface area contributed by atoms with Crippen molar-refractivity contribution in [2.75, 3.05) is 33.9 Å². The first-order valence-electron chi connectivity index (χ1n) is 11.9. The molecule has 0 saturated heterocycles. The summed E-state index contributed by atoms with van der Waals surface area (Å²) < 4.78 is 13.6. The zero-order valence-corrected chi connectivity index (χ0v) is 19.9. The van der Waals surface area contributed by atoms with Gasteiger partial charge in [0.15, 0.2) is 11.5 Å². The van der Waals surface area contributed by atoms with Gasteiger partial charge in [0.05, 0.1) is 7.11 Å². The van der Waals surface area contributed by atoms with E-state index in [0.29, 0.717) is 24.1 Å². The topological polar surface area (TPSA) is 71.8 Å². The van der Waals surface area contributed by atoms with E-state index < -0.39 is 6.10 Å². The van der Waals surface area contributed by atoms with Crippen LogP contribution in [0.2, 0.25) is 0 Å². The van der Waals surface area contributed by atoms with Gasteiger partial charge in [-0.2, -0.15) is 0 Å². The number of hydrogen-bond acceptors (Lipinski definition) is 6. The smallest absolute Gasteiger partial charge is 0.161 e. The Hall–Kier alpha value is -2.09. The molecule has 0 spiro atoms. The Balaban J connectivity index is 1.39. The third-order valence-electron chi connectivity index (χ3n) is 6.36. The second kappa shape index (κ2) is 12.8. The number of rotatable bonds is 13. The van der Waals surface area contributed by atoms with Crippen LogP contribution in [0.5, 0.6) is 11.5 Å². The number of aliphatic hydroxyl groups excluding tert-OH is 1. The van der Waals surface area contributed by atoms with Crippen LogP contribution in [0, 0.1) is 6.92 Å². The van der Waals surface area contributed by atoms with Crippen LogP contribution in [0.1, 0.15) is 49.9 Å². The average molecular weight is 445 g/mol. The van der Waals surface area contributed by atoms with Gasteiger partial charge >= 0.3 is 0 Å². The van der Waals surface area contributed by atoms with Gasteiger partial charge in [-0.25, -0.2) is 4.98 Å². The molecule has 2 aromatic rings. The van der Waals surface area contributed by atoms with Crippen molar-refractivity contribution in [3.8, 4) is 11.5 Å². The summed E-state index contributed by atoms with van der Waals surface area (Å²) in [6, 6.07) is 6.57. The molecule has 7 nitrogen and oxygen atoms in total. The molecule has 0 unspecified atom stereocenters. The van der Waals surface area contributed by atoms with Crippen molar-refractivity contribution in [2.24, 2.45) is 0 Å². The Morgan fingerprint density at radius 1 is 1.25 bits per heavy atom. The lowest BCUT2D eigenvalue weighted by atomic mass is 9.94. The molecule has 2 N–H and O–H groups in total. The van der Waals surface area contributed by atoms with Crippen molar-refractivity contribution < 1.29 is 14.6 Å². The molecule has 0 amide bonds. The predicted molar refractivity (Wildman–Crippen MR) is 127 cm³/mol. The summed E-state index contributed by atoms with van der Waals surface area (Å²) in [5.41, 5.74) is 1.14. The maximum atomic E-state index is 10.5. The standard InChI is InChI=1S/C25H40N4O3/c1-20-27-13-15-29(20)14-7-12-26-17-21-10-11-24(25(16-21)31-3)32-19-23(30)18-28(2)22-8-5-4-6-9-22/h10-11,13,15-16,22-23,26,30H,4-9,12,14,17-19H2,1-3H3/t23-/m0/s1. The van der Waals surface area contributed by atoms with Crippen LogP contribution < -0.4 is 14.8 Å². The minimum Gasteiger partial charge on any atom is -0.493 e. The molecule has 1 aliphatic rings. The van der Waals surface area contributed by atoms with Crippen LogP contribution in [0.25, 0.3) is 0 Å². The number of likely N-dealkylation sites (N-methyl/N-ethyl adjacent to an activating group) is 1. The van der Waals surface area contributed by atoms with E-state index in [4.69, 9.17) is 9.47 Å². The SMILES string of the molecule is COc1cc(CNCCCn2ccnc2C)ccc1OC[C@@H](O)CN(C)C1CCCCC1. The molecule has 0 aliphatic heterocycles. The number of nitrogens with zero attached hydrogens (tertiary/aromatic N) is 3. The van der Waals surface area contributed by atoms with Crippen LogP contribution in [-0.4, -0.2) is 65.6 Å². The Labute approximate surface area is 192 Å². The van der Waals surface area contributed by atoms with E-state index in [-0.39, 0.29) is 6.61 Å². The summed E-state index contributed by atoms with van der Waals surface area (Å²) in [6.45, 7) is 5.59. The van der Waals surface area contributed by atoms with Crippen molar-refractivity contribution in [3.63, 3.8) is 0 Å². The van der Waals surface area contributed by atoms with Gasteiger partial charge in [-0.15, -0.1) is 0 Å².